The second-order valence-electron chi connectivity index (χ2n) is 7.65. The Balaban J connectivity index is 1.30. The molecule has 4 rings (SSSR count). The molecule has 0 aliphatic carbocycles. The summed E-state index contributed by atoms with van der Waals surface area (Å²) < 4.78 is 13.3. The maximum absolute atomic E-state index is 13.3. The van der Waals surface area contributed by atoms with E-state index in [9.17, 15) is 14.0 Å². The number of urea groups is 1. The fourth-order valence-electron chi connectivity index (χ4n) is 3.60. The van der Waals surface area contributed by atoms with E-state index in [1.807, 2.05) is 24.3 Å². The first kappa shape index (κ1) is 21.9. The van der Waals surface area contributed by atoms with Gasteiger partial charge in [0.1, 0.15) is 10.8 Å². The molecule has 0 radical (unpaired) electrons. The molecular formula is C23H24FN5O2S. The smallest absolute Gasteiger partial charge is 0.321 e. The Morgan fingerprint density at radius 3 is 2.50 bits per heavy atom. The van der Waals surface area contributed by atoms with Crippen molar-refractivity contribution in [1.29, 1.82) is 0 Å². The zero-order chi connectivity index (χ0) is 22.5. The lowest BCUT2D eigenvalue weighted by molar-refractivity contribution is 0.102. The van der Waals surface area contributed by atoms with Crippen molar-refractivity contribution < 1.29 is 14.0 Å². The fourth-order valence-corrected chi connectivity index (χ4v) is 4.51. The summed E-state index contributed by atoms with van der Waals surface area (Å²) in [5.41, 5.74) is 2.38. The largest absolute Gasteiger partial charge is 0.324 e. The fraction of sp³-hybridized carbons (Fsp3) is 0.304. The monoisotopic (exact) mass is 453 g/mol. The predicted molar refractivity (Wildman–Crippen MR) is 123 cm³/mol. The number of anilines is 2. The van der Waals surface area contributed by atoms with Crippen molar-refractivity contribution in [3.05, 3.63) is 69.9 Å². The minimum atomic E-state index is -0.422. The molecule has 2 heterocycles. The Labute approximate surface area is 189 Å². The molecule has 1 aliphatic heterocycles. The third-order valence-corrected chi connectivity index (χ3v) is 6.55. The number of aromatic nitrogens is 2. The molecule has 3 aromatic rings. The quantitative estimate of drug-likeness (QED) is 0.575. The van der Waals surface area contributed by atoms with Gasteiger partial charge in [-0.1, -0.05) is 36.5 Å². The first-order chi connectivity index (χ1) is 15.5. The number of carbonyl (C=O) groups excluding carboxylic acids is 2. The van der Waals surface area contributed by atoms with Gasteiger partial charge in [-0.3, -0.25) is 4.79 Å². The zero-order valence-electron chi connectivity index (χ0n) is 17.7. The standard InChI is InChI=1S/C23H24FN5O2S/c1-2-15-6-8-18(9-7-15)26-23(31)29-12-10-16(11-13-29)21-27-28-22(32-21)20(30)25-19-5-3-4-17(24)14-19/h3-9,14,16H,2,10-13H2,1H3,(H,25,30)(H,26,31). The number of piperidine rings is 1. The number of nitrogens with one attached hydrogen (secondary N) is 2. The van der Waals surface area contributed by atoms with Crippen molar-refractivity contribution in [1.82, 2.24) is 15.1 Å². The van der Waals surface area contributed by atoms with Gasteiger partial charge in [0, 0.05) is 30.4 Å². The highest BCUT2D eigenvalue weighted by Crippen LogP contribution is 2.30. The number of amides is 3. The van der Waals surface area contributed by atoms with Crippen molar-refractivity contribution in [3.63, 3.8) is 0 Å². The van der Waals surface area contributed by atoms with Gasteiger partial charge < -0.3 is 15.5 Å². The normalized spacial score (nSPS) is 14.2. The lowest BCUT2D eigenvalue weighted by Gasteiger charge is -2.31. The van der Waals surface area contributed by atoms with Gasteiger partial charge in [-0.2, -0.15) is 0 Å². The SMILES string of the molecule is CCc1ccc(NC(=O)N2CCC(c3nnc(C(=O)Nc4cccc(F)c4)s3)CC2)cc1. The van der Waals surface area contributed by atoms with Crippen molar-refractivity contribution >= 4 is 34.6 Å². The van der Waals surface area contributed by atoms with Crippen LogP contribution in [0.3, 0.4) is 0 Å². The maximum Gasteiger partial charge on any atom is 0.321 e. The van der Waals surface area contributed by atoms with Gasteiger partial charge in [-0.15, -0.1) is 10.2 Å². The summed E-state index contributed by atoms with van der Waals surface area (Å²) in [6.45, 7) is 3.30. The molecule has 1 saturated heterocycles. The lowest BCUT2D eigenvalue weighted by Crippen LogP contribution is -2.40. The van der Waals surface area contributed by atoms with Crippen LogP contribution in [0.4, 0.5) is 20.6 Å². The summed E-state index contributed by atoms with van der Waals surface area (Å²) in [4.78, 5) is 26.8. The summed E-state index contributed by atoms with van der Waals surface area (Å²) >= 11 is 1.24. The maximum atomic E-state index is 13.3. The Morgan fingerprint density at radius 2 is 1.81 bits per heavy atom. The number of benzene rings is 2. The van der Waals surface area contributed by atoms with Crippen LogP contribution >= 0.6 is 11.3 Å². The first-order valence-corrected chi connectivity index (χ1v) is 11.4. The third kappa shape index (κ3) is 5.28. The number of halogens is 1. The molecule has 3 amide bonds. The van der Waals surface area contributed by atoms with Crippen LogP contribution in [0, 0.1) is 5.82 Å². The zero-order valence-corrected chi connectivity index (χ0v) is 18.5. The van der Waals surface area contributed by atoms with Crippen LogP contribution in [0.5, 0.6) is 0 Å². The third-order valence-electron chi connectivity index (χ3n) is 5.46. The Morgan fingerprint density at radius 1 is 1.06 bits per heavy atom. The minimum absolute atomic E-state index is 0.111. The summed E-state index contributed by atoms with van der Waals surface area (Å²) in [6, 6.07) is 13.5. The van der Waals surface area contributed by atoms with Crippen molar-refractivity contribution in [2.24, 2.45) is 0 Å². The number of hydrogen-bond donors (Lipinski definition) is 2. The van der Waals surface area contributed by atoms with Gasteiger partial charge in [0.2, 0.25) is 5.01 Å². The number of likely N-dealkylation sites (tertiary alicyclic amines) is 1. The van der Waals surface area contributed by atoms with E-state index < -0.39 is 11.7 Å². The van der Waals surface area contributed by atoms with Gasteiger partial charge in [0.25, 0.3) is 5.91 Å². The van der Waals surface area contributed by atoms with E-state index in [0.717, 1.165) is 30.0 Å². The van der Waals surface area contributed by atoms with Crippen molar-refractivity contribution in [2.45, 2.75) is 32.1 Å². The van der Waals surface area contributed by atoms with Gasteiger partial charge in [0.15, 0.2) is 0 Å². The molecule has 1 aliphatic rings. The summed E-state index contributed by atoms with van der Waals surface area (Å²) in [5.74, 6) is -0.684. The summed E-state index contributed by atoms with van der Waals surface area (Å²) in [7, 11) is 0. The second-order valence-corrected chi connectivity index (χ2v) is 8.66. The lowest BCUT2D eigenvalue weighted by atomic mass is 9.98. The molecule has 0 bridgehead atoms. The van der Waals surface area contributed by atoms with E-state index in [0.29, 0.717) is 18.8 Å². The van der Waals surface area contributed by atoms with Crippen LogP contribution in [-0.2, 0) is 6.42 Å². The highest BCUT2D eigenvalue weighted by atomic mass is 32.1. The van der Waals surface area contributed by atoms with Crippen LogP contribution in [-0.4, -0.2) is 40.1 Å². The molecule has 2 aromatic carbocycles. The highest BCUT2D eigenvalue weighted by molar-refractivity contribution is 7.13. The summed E-state index contributed by atoms with van der Waals surface area (Å²) in [5, 5.41) is 14.8. The number of aryl methyl sites for hydroxylation is 1. The van der Waals surface area contributed by atoms with Crippen LogP contribution in [0.2, 0.25) is 0 Å². The van der Waals surface area contributed by atoms with Crippen LogP contribution in [0.25, 0.3) is 0 Å². The Bertz CT molecular complexity index is 1090. The average molecular weight is 454 g/mol. The number of rotatable bonds is 5. The number of hydrogen-bond acceptors (Lipinski definition) is 5. The predicted octanol–water partition coefficient (Wildman–Crippen LogP) is 4.90. The molecule has 0 unspecified atom stereocenters. The molecule has 0 saturated carbocycles. The van der Waals surface area contributed by atoms with E-state index in [1.54, 1.807) is 11.0 Å². The molecule has 0 atom stereocenters. The molecule has 2 N–H and O–H groups in total. The number of carbonyl (C=O) groups is 2. The van der Waals surface area contributed by atoms with Crippen LogP contribution in [0.1, 0.15) is 46.1 Å². The van der Waals surface area contributed by atoms with Crippen molar-refractivity contribution in [3.8, 4) is 0 Å². The van der Waals surface area contributed by atoms with Gasteiger partial charge in [-0.05, 0) is 55.2 Å². The summed E-state index contributed by atoms with van der Waals surface area (Å²) in [6.07, 6.45) is 2.46. The van der Waals surface area contributed by atoms with Crippen LogP contribution < -0.4 is 10.6 Å². The van der Waals surface area contributed by atoms with E-state index in [4.69, 9.17) is 0 Å². The number of nitrogens with zero attached hydrogens (tertiary/aromatic N) is 3. The molecule has 166 valence electrons. The van der Waals surface area contributed by atoms with E-state index in [2.05, 4.69) is 27.8 Å². The Kier molecular flexibility index (Phi) is 6.75. The molecule has 1 fully saturated rings. The van der Waals surface area contributed by atoms with Gasteiger partial charge in [0.05, 0.1) is 0 Å². The van der Waals surface area contributed by atoms with E-state index in [1.165, 1.54) is 35.1 Å². The van der Waals surface area contributed by atoms with Gasteiger partial charge in [-0.25, -0.2) is 9.18 Å². The average Bonchev–Trinajstić information content (AvgIpc) is 3.30. The molecule has 9 heteroatoms. The van der Waals surface area contributed by atoms with E-state index in [-0.39, 0.29) is 17.0 Å². The molecule has 7 nitrogen and oxygen atoms in total. The highest BCUT2D eigenvalue weighted by Gasteiger charge is 2.27. The molecule has 1 aromatic heterocycles. The minimum Gasteiger partial charge on any atom is -0.324 e. The second kappa shape index (κ2) is 9.86. The first-order valence-electron chi connectivity index (χ1n) is 10.6. The van der Waals surface area contributed by atoms with Crippen molar-refractivity contribution in [2.75, 3.05) is 23.7 Å². The topological polar surface area (TPSA) is 87.2 Å². The molecule has 32 heavy (non-hydrogen) atoms. The van der Waals surface area contributed by atoms with E-state index >= 15 is 0 Å². The van der Waals surface area contributed by atoms with Crippen LogP contribution in [0.15, 0.2) is 48.5 Å². The Hall–Kier alpha value is -3.33. The van der Waals surface area contributed by atoms with Gasteiger partial charge >= 0.3 is 6.03 Å². The molecule has 0 spiro atoms. The molecular weight excluding hydrogens is 429 g/mol.